The lowest BCUT2D eigenvalue weighted by Gasteiger charge is -2.08. The van der Waals surface area contributed by atoms with Crippen LogP contribution in [0, 0.1) is 22.7 Å². The topological polar surface area (TPSA) is 85.9 Å². The quantitative estimate of drug-likeness (QED) is 0.497. The molecule has 1 amide bonds. The zero-order valence-electron chi connectivity index (χ0n) is 15.5. The molecule has 0 unspecified atom stereocenters. The van der Waals surface area contributed by atoms with E-state index in [4.69, 9.17) is 10.00 Å². The predicted octanol–water partition coefficient (Wildman–Crippen LogP) is 4.68. The molecule has 5 heteroatoms. The monoisotopic (exact) mass is 379 g/mol. The van der Waals surface area contributed by atoms with Gasteiger partial charge in [-0.3, -0.25) is 4.79 Å². The first-order chi connectivity index (χ1) is 14.2. The summed E-state index contributed by atoms with van der Waals surface area (Å²) < 4.78 is 5.78. The van der Waals surface area contributed by atoms with E-state index in [0.29, 0.717) is 29.2 Å². The van der Waals surface area contributed by atoms with E-state index in [-0.39, 0.29) is 5.57 Å². The summed E-state index contributed by atoms with van der Waals surface area (Å²) in [5.74, 6) is 0.125. The highest BCUT2D eigenvalue weighted by atomic mass is 16.5. The van der Waals surface area contributed by atoms with Gasteiger partial charge in [-0.25, -0.2) is 0 Å². The van der Waals surface area contributed by atoms with Gasteiger partial charge in [0.15, 0.2) is 0 Å². The largest absolute Gasteiger partial charge is 0.489 e. The number of hydrogen-bond donors (Lipinski definition) is 1. The van der Waals surface area contributed by atoms with Crippen LogP contribution in [0.3, 0.4) is 0 Å². The molecule has 0 aliphatic rings. The van der Waals surface area contributed by atoms with Crippen molar-refractivity contribution in [2.75, 3.05) is 5.32 Å². The Kier molecular flexibility index (Phi) is 6.39. The van der Waals surface area contributed by atoms with Gasteiger partial charge in [-0.1, -0.05) is 42.5 Å². The summed E-state index contributed by atoms with van der Waals surface area (Å²) in [6.45, 7) is 0.308. The second-order valence-corrected chi connectivity index (χ2v) is 6.16. The highest BCUT2D eigenvalue weighted by molar-refractivity contribution is 6.09. The van der Waals surface area contributed by atoms with Crippen LogP contribution in [0.1, 0.15) is 16.7 Å². The van der Waals surface area contributed by atoms with E-state index in [1.165, 1.54) is 6.08 Å². The van der Waals surface area contributed by atoms with Crippen LogP contribution in [0.25, 0.3) is 6.08 Å². The van der Waals surface area contributed by atoms with Crippen LogP contribution in [-0.4, -0.2) is 5.91 Å². The summed E-state index contributed by atoms with van der Waals surface area (Å²) in [5.41, 5.74) is 2.74. The van der Waals surface area contributed by atoms with Crippen LogP contribution in [0.4, 0.5) is 5.69 Å². The number of anilines is 1. The highest BCUT2D eigenvalue weighted by Gasteiger charge is 2.09. The summed E-state index contributed by atoms with van der Waals surface area (Å²) in [6, 6.07) is 27.3. The van der Waals surface area contributed by atoms with Gasteiger partial charge in [0, 0.05) is 5.69 Å². The molecule has 1 N–H and O–H groups in total. The van der Waals surface area contributed by atoms with E-state index in [9.17, 15) is 10.1 Å². The molecule has 0 bridgehead atoms. The Balaban J connectivity index is 1.71. The Bertz CT molecular complexity index is 1120. The Labute approximate surface area is 169 Å². The molecule has 140 valence electrons. The first kappa shape index (κ1) is 19.4. The second-order valence-electron chi connectivity index (χ2n) is 6.16. The van der Waals surface area contributed by atoms with E-state index in [1.807, 2.05) is 18.2 Å². The van der Waals surface area contributed by atoms with Crippen molar-refractivity contribution >= 4 is 17.7 Å². The number of nitriles is 2. The molecule has 3 rings (SSSR count). The zero-order chi connectivity index (χ0) is 20.5. The van der Waals surface area contributed by atoms with Crippen LogP contribution in [-0.2, 0) is 11.4 Å². The minimum atomic E-state index is -0.474. The van der Waals surface area contributed by atoms with Gasteiger partial charge in [0.1, 0.15) is 24.0 Å². The summed E-state index contributed by atoms with van der Waals surface area (Å²) >= 11 is 0. The lowest BCUT2D eigenvalue weighted by molar-refractivity contribution is -0.112. The SMILES string of the molecule is N#C/C(=C/c1cccc(OCc2cccc(C#N)c2)c1)C(=O)Nc1ccccc1. The van der Waals surface area contributed by atoms with E-state index in [2.05, 4.69) is 11.4 Å². The van der Waals surface area contributed by atoms with Gasteiger partial charge in [0.25, 0.3) is 5.91 Å². The molecular formula is C24H17N3O2. The summed E-state index contributed by atoms with van der Waals surface area (Å²) in [7, 11) is 0. The average molecular weight is 379 g/mol. The molecule has 0 atom stereocenters. The Morgan fingerprint density at radius 3 is 2.52 bits per heavy atom. The van der Waals surface area contributed by atoms with Gasteiger partial charge in [0.2, 0.25) is 0 Å². The molecule has 0 fully saturated rings. The van der Waals surface area contributed by atoms with Gasteiger partial charge in [-0.05, 0) is 53.6 Å². The fourth-order valence-corrected chi connectivity index (χ4v) is 2.63. The standard InChI is InChI=1S/C24H17N3O2/c25-15-19-7-4-8-20(12-19)17-29-23-11-5-6-18(14-23)13-21(16-26)24(28)27-22-9-2-1-3-10-22/h1-14H,17H2,(H,27,28)/b21-13-. The van der Waals surface area contributed by atoms with Gasteiger partial charge < -0.3 is 10.1 Å². The van der Waals surface area contributed by atoms with Crippen molar-refractivity contribution in [2.24, 2.45) is 0 Å². The third kappa shape index (κ3) is 5.56. The normalized spacial score (nSPS) is 10.5. The smallest absolute Gasteiger partial charge is 0.266 e. The van der Waals surface area contributed by atoms with Crippen LogP contribution >= 0.6 is 0 Å². The maximum atomic E-state index is 12.3. The number of carbonyl (C=O) groups is 1. The predicted molar refractivity (Wildman–Crippen MR) is 111 cm³/mol. The molecule has 0 saturated heterocycles. The maximum absolute atomic E-state index is 12.3. The molecule has 0 aliphatic carbocycles. The first-order valence-electron chi connectivity index (χ1n) is 8.88. The number of ether oxygens (including phenoxy) is 1. The van der Waals surface area contributed by atoms with Gasteiger partial charge >= 0.3 is 0 Å². The number of benzene rings is 3. The molecule has 0 aliphatic heterocycles. The number of amides is 1. The average Bonchev–Trinajstić information content (AvgIpc) is 2.77. The van der Waals surface area contributed by atoms with Crippen molar-refractivity contribution in [1.82, 2.24) is 0 Å². The van der Waals surface area contributed by atoms with Crippen molar-refractivity contribution in [3.63, 3.8) is 0 Å². The Morgan fingerprint density at radius 2 is 1.76 bits per heavy atom. The number of carbonyl (C=O) groups excluding carboxylic acids is 1. The Morgan fingerprint density at radius 1 is 0.966 bits per heavy atom. The molecule has 5 nitrogen and oxygen atoms in total. The van der Waals surface area contributed by atoms with Gasteiger partial charge in [0.05, 0.1) is 11.6 Å². The molecule has 0 saturated carbocycles. The fraction of sp³-hybridized carbons (Fsp3) is 0.0417. The molecule has 3 aromatic rings. The Hall–Kier alpha value is -4.35. The van der Waals surface area contributed by atoms with Gasteiger partial charge in [-0.15, -0.1) is 0 Å². The fourth-order valence-electron chi connectivity index (χ4n) is 2.63. The summed E-state index contributed by atoms with van der Waals surface area (Å²) in [6.07, 6.45) is 1.52. The molecular weight excluding hydrogens is 362 g/mol. The summed E-state index contributed by atoms with van der Waals surface area (Å²) in [4.78, 5) is 12.3. The molecule has 0 heterocycles. The lowest BCUT2D eigenvalue weighted by atomic mass is 10.1. The molecule has 29 heavy (non-hydrogen) atoms. The van der Waals surface area contributed by atoms with E-state index < -0.39 is 5.91 Å². The van der Waals surface area contributed by atoms with E-state index >= 15 is 0 Å². The van der Waals surface area contributed by atoms with Crippen molar-refractivity contribution in [2.45, 2.75) is 6.61 Å². The zero-order valence-corrected chi connectivity index (χ0v) is 15.5. The minimum Gasteiger partial charge on any atom is -0.489 e. The molecule has 3 aromatic carbocycles. The van der Waals surface area contributed by atoms with Crippen LogP contribution < -0.4 is 10.1 Å². The molecule has 0 aromatic heterocycles. The second kappa shape index (κ2) is 9.55. The van der Waals surface area contributed by atoms with Crippen LogP contribution in [0.2, 0.25) is 0 Å². The van der Waals surface area contributed by atoms with Crippen molar-refractivity contribution in [3.8, 4) is 17.9 Å². The van der Waals surface area contributed by atoms with Crippen LogP contribution in [0.5, 0.6) is 5.75 Å². The third-order valence-corrected chi connectivity index (χ3v) is 4.03. The van der Waals surface area contributed by atoms with E-state index in [0.717, 1.165) is 5.56 Å². The number of hydrogen-bond acceptors (Lipinski definition) is 4. The summed E-state index contributed by atoms with van der Waals surface area (Å²) in [5, 5.41) is 21.0. The number of para-hydroxylation sites is 1. The van der Waals surface area contributed by atoms with Crippen molar-refractivity contribution in [1.29, 1.82) is 10.5 Å². The minimum absolute atomic E-state index is 0.00674. The van der Waals surface area contributed by atoms with Gasteiger partial charge in [-0.2, -0.15) is 10.5 Å². The highest BCUT2D eigenvalue weighted by Crippen LogP contribution is 2.18. The molecule has 0 spiro atoms. The van der Waals surface area contributed by atoms with E-state index in [1.54, 1.807) is 66.7 Å². The first-order valence-corrected chi connectivity index (χ1v) is 8.88. The van der Waals surface area contributed by atoms with Crippen LogP contribution in [0.15, 0.2) is 84.4 Å². The lowest BCUT2D eigenvalue weighted by Crippen LogP contribution is -2.13. The number of nitrogens with zero attached hydrogens (tertiary/aromatic N) is 2. The number of rotatable bonds is 6. The van der Waals surface area contributed by atoms with Crippen molar-refractivity contribution in [3.05, 3.63) is 101 Å². The third-order valence-electron chi connectivity index (χ3n) is 4.03. The maximum Gasteiger partial charge on any atom is 0.266 e. The molecule has 0 radical (unpaired) electrons. The van der Waals surface area contributed by atoms with Crippen molar-refractivity contribution < 1.29 is 9.53 Å². The number of nitrogens with one attached hydrogen (secondary N) is 1.